The van der Waals surface area contributed by atoms with Crippen LogP contribution in [-0.2, 0) is 6.54 Å². The highest BCUT2D eigenvalue weighted by Crippen LogP contribution is 2.18. The summed E-state index contributed by atoms with van der Waals surface area (Å²) >= 11 is 2.02. The van der Waals surface area contributed by atoms with E-state index in [0.29, 0.717) is 11.8 Å². The lowest BCUT2D eigenvalue weighted by atomic mass is 10.1. The summed E-state index contributed by atoms with van der Waals surface area (Å²) in [6, 6.07) is 11.9. The van der Waals surface area contributed by atoms with E-state index in [1.165, 1.54) is 36.2 Å². The molecule has 22 heavy (non-hydrogen) atoms. The maximum Gasteiger partial charge on any atom is 0.291 e. The molecule has 1 atom stereocenters. The van der Waals surface area contributed by atoms with Gasteiger partial charge in [0.05, 0.1) is 6.26 Å². The molecule has 116 valence electrons. The van der Waals surface area contributed by atoms with Crippen molar-refractivity contribution in [2.45, 2.75) is 25.4 Å². The SMILES string of the molecule is O=C(Nc1cccc(CN[C@H]2CCCSC2)c1)c1ccco1. The number of benzene rings is 1. The third-order valence-electron chi connectivity index (χ3n) is 3.68. The number of hydrogen-bond acceptors (Lipinski definition) is 4. The molecule has 2 heterocycles. The number of hydrogen-bond donors (Lipinski definition) is 2. The van der Waals surface area contributed by atoms with Gasteiger partial charge in [-0.25, -0.2) is 0 Å². The monoisotopic (exact) mass is 316 g/mol. The second-order valence-electron chi connectivity index (χ2n) is 5.43. The molecule has 3 rings (SSSR count). The highest BCUT2D eigenvalue weighted by atomic mass is 32.2. The lowest BCUT2D eigenvalue weighted by molar-refractivity contribution is 0.0996. The Balaban J connectivity index is 1.56. The van der Waals surface area contributed by atoms with Crippen LogP contribution >= 0.6 is 11.8 Å². The maximum atomic E-state index is 12.0. The third kappa shape index (κ3) is 4.15. The molecule has 1 fully saturated rings. The van der Waals surface area contributed by atoms with Crippen molar-refractivity contribution in [3.05, 3.63) is 54.0 Å². The first-order chi connectivity index (χ1) is 10.8. The van der Waals surface area contributed by atoms with E-state index in [0.717, 1.165) is 12.2 Å². The van der Waals surface area contributed by atoms with Gasteiger partial charge < -0.3 is 15.1 Å². The number of amides is 1. The van der Waals surface area contributed by atoms with Crippen LogP contribution in [-0.4, -0.2) is 23.5 Å². The van der Waals surface area contributed by atoms with Crippen LogP contribution in [0, 0.1) is 0 Å². The highest BCUT2D eigenvalue weighted by Gasteiger charge is 2.13. The summed E-state index contributed by atoms with van der Waals surface area (Å²) in [5.41, 5.74) is 1.96. The van der Waals surface area contributed by atoms with Crippen LogP contribution in [0.4, 0.5) is 5.69 Å². The van der Waals surface area contributed by atoms with Crippen LogP contribution in [0.25, 0.3) is 0 Å². The first-order valence-electron chi connectivity index (χ1n) is 7.56. The van der Waals surface area contributed by atoms with Gasteiger partial charge >= 0.3 is 0 Å². The van der Waals surface area contributed by atoms with Crippen molar-refractivity contribution in [3.8, 4) is 0 Å². The number of thioether (sulfide) groups is 1. The van der Waals surface area contributed by atoms with Gasteiger partial charge in [-0.15, -0.1) is 0 Å². The summed E-state index contributed by atoms with van der Waals surface area (Å²) in [4.78, 5) is 12.0. The van der Waals surface area contributed by atoms with Gasteiger partial charge in [0.2, 0.25) is 0 Å². The lowest BCUT2D eigenvalue weighted by Gasteiger charge is -2.22. The standard InChI is InChI=1S/C17H20N2O2S/c20-17(16-7-2-8-21-16)19-14-5-1-4-13(10-14)11-18-15-6-3-9-22-12-15/h1-2,4-5,7-8,10,15,18H,3,6,9,11-12H2,(H,19,20)/t15-/m0/s1. The summed E-state index contributed by atoms with van der Waals surface area (Å²) in [6.07, 6.45) is 4.04. The molecule has 5 heteroatoms. The molecule has 0 aliphatic carbocycles. The fraction of sp³-hybridized carbons (Fsp3) is 0.353. The van der Waals surface area contributed by atoms with Gasteiger partial charge in [0.25, 0.3) is 5.91 Å². The minimum atomic E-state index is -0.223. The first kappa shape index (κ1) is 15.2. The molecule has 1 aromatic heterocycles. The predicted molar refractivity (Wildman–Crippen MR) is 90.3 cm³/mol. The minimum absolute atomic E-state index is 0.223. The molecule has 0 spiro atoms. The Hall–Kier alpha value is -1.72. The van der Waals surface area contributed by atoms with Crippen LogP contribution in [0.15, 0.2) is 47.1 Å². The number of furan rings is 1. The third-order valence-corrected chi connectivity index (χ3v) is 4.90. The molecular weight excluding hydrogens is 296 g/mol. The van der Waals surface area contributed by atoms with Crippen LogP contribution in [0.2, 0.25) is 0 Å². The smallest absolute Gasteiger partial charge is 0.291 e. The van der Waals surface area contributed by atoms with Gasteiger partial charge in [0.1, 0.15) is 0 Å². The second kappa shape index (κ2) is 7.51. The topological polar surface area (TPSA) is 54.3 Å². The van der Waals surface area contributed by atoms with Crippen molar-refractivity contribution in [2.75, 3.05) is 16.8 Å². The summed E-state index contributed by atoms with van der Waals surface area (Å²) < 4.78 is 5.10. The molecule has 1 aromatic carbocycles. The molecule has 1 amide bonds. The zero-order chi connectivity index (χ0) is 15.2. The molecule has 0 unspecified atom stereocenters. The molecule has 1 aliphatic rings. The van der Waals surface area contributed by atoms with E-state index in [4.69, 9.17) is 4.42 Å². The Labute approximate surface area is 134 Å². The summed E-state index contributed by atoms with van der Waals surface area (Å²) in [5, 5.41) is 6.45. The normalized spacial score (nSPS) is 18.1. The molecule has 4 nitrogen and oxygen atoms in total. The molecule has 0 radical (unpaired) electrons. The number of nitrogens with one attached hydrogen (secondary N) is 2. The Morgan fingerprint density at radius 1 is 1.32 bits per heavy atom. The van der Waals surface area contributed by atoms with E-state index in [1.54, 1.807) is 12.1 Å². The number of rotatable bonds is 5. The number of anilines is 1. The van der Waals surface area contributed by atoms with E-state index < -0.39 is 0 Å². The number of carbonyl (C=O) groups excluding carboxylic acids is 1. The molecule has 0 saturated carbocycles. The van der Waals surface area contributed by atoms with Crippen molar-refractivity contribution in [1.82, 2.24) is 5.32 Å². The summed E-state index contributed by atoms with van der Waals surface area (Å²) in [6.45, 7) is 0.829. The second-order valence-corrected chi connectivity index (χ2v) is 6.58. The molecule has 0 bridgehead atoms. The highest BCUT2D eigenvalue weighted by molar-refractivity contribution is 7.99. The molecular formula is C17H20N2O2S. The van der Waals surface area contributed by atoms with E-state index >= 15 is 0 Å². The summed E-state index contributed by atoms with van der Waals surface area (Å²) in [5.74, 6) is 2.57. The Morgan fingerprint density at radius 3 is 3.05 bits per heavy atom. The van der Waals surface area contributed by atoms with Crippen molar-refractivity contribution >= 4 is 23.4 Å². The molecule has 2 aromatic rings. The molecule has 1 saturated heterocycles. The van der Waals surface area contributed by atoms with Gasteiger partial charge in [0, 0.05) is 24.0 Å². The summed E-state index contributed by atoms with van der Waals surface area (Å²) in [7, 11) is 0. The minimum Gasteiger partial charge on any atom is -0.459 e. The Morgan fingerprint density at radius 2 is 2.27 bits per heavy atom. The predicted octanol–water partition coefficient (Wildman–Crippen LogP) is 3.52. The average Bonchev–Trinajstić information content (AvgIpc) is 3.09. The molecule has 1 aliphatic heterocycles. The largest absolute Gasteiger partial charge is 0.459 e. The van der Waals surface area contributed by atoms with Crippen molar-refractivity contribution in [1.29, 1.82) is 0 Å². The van der Waals surface area contributed by atoms with Crippen molar-refractivity contribution < 1.29 is 9.21 Å². The first-order valence-corrected chi connectivity index (χ1v) is 8.71. The maximum absolute atomic E-state index is 12.0. The van der Waals surface area contributed by atoms with Gasteiger partial charge in [-0.1, -0.05) is 12.1 Å². The van der Waals surface area contributed by atoms with Crippen molar-refractivity contribution in [2.24, 2.45) is 0 Å². The van der Waals surface area contributed by atoms with Gasteiger partial charge in [-0.3, -0.25) is 4.79 Å². The van der Waals surface area contributed by atoms with Crippen LogP contribution < -0.4 is 10.6 Å². The van der Waals surface area contributed by atoms with E-state index in [2.05, 4.69) is 16.7 Å². The molecule has 2 N–H and O–H groups in total. The van der Waals surface area contributed by atoms with Crippen LogP contribution in [0.5, 0.6) is 0 Å². The van der Waals surface area contributed by atoms with E-state index in [9.17, 15) is 4.79 Å². The van der Waals surface area contributed by atoms with Gasteiger partial charge in [-0.05, 0) is 48.4 Å². The van der Waals surface area contributed by atoms with Crippen molar-refractivity contribution in [3.63, 3.8) is 0 Å². The zero-order valence-electron chi connectivity index (χ0n) is 12.4. The Bertz CT molecular complexity index is 607. The fourth-order valence-electron chi connectivity index (χ4n) is 2.52. The van der Waals surface area contributed by atoms with E-state index in [-0.39, 0.29) is 5.91 Å². The zero-order valence-corrected chi connectivity index (χ0v) is 13.2. The fourth-order valence-corrected chi connectivity index (χ4v) is 3.63. The number of carbonyl (C=O) groups is 1. The van der Waals surface area contributed by atoms with Crippen LogP contribution in [0.3, 0.4) is 0 Å². The lowest BCUT2D eigenvalue weighted by Crippen LogP contribution is -2.33. The Kier molecular flexibility index (Phi) is 5.19. The van der Waals surface area contributed by atoms with Crippen LogP contribution in [0.1, 0.15) is 29.0 Å². The quantitative estimate of drug-likeness (QED) is 0.886. The average molecular weight is 316 g/mol. The van der Waals surface area contributed by atoms with E-state index in [1.807, 2.05) is 30.0 Å². The van der Waals surface area contributed by atoms with Gasteiger partial charge in [-0.2, -0.15) is 11.8 Å². The van der Waals surface area contributed by atoms with Gasteiger partial charge in [0.15, 0.2) is 5.76 Å².